The Morgan fingerprint density at radius 3 is 2.58 bits per heavy atom. The van der Waals surface area contributed by atoms with Crippen molar-refractivity contribution < 1.29 is 4.39 Å². The number of hydrogen-bond donors (Lipinski definition) is 0. The summed E-state index contributed by atoms with van der Waals surface area (Å²) >= 11 is 0. The number of fused-ring (bicyclic) bond motifs is 1. The quantitative estimate of drug-likeness (QED) is 0.822. The van der Waals surface area contributed by atoms with Crippen LogP contribution >= 0.6 is 0 Å². The highest BCUT2D eigenvalue weighted by Gasteiger charge is 2.39. The molecule has 0 heterocycles. The fourth-order valence-corrected chi connectivity index (χ4v) is 3.99. The van der Waals surface area contributed by atoms with Crippen LogP contribution in [0.5, 0.6) is 0 Å². The summed E-state index contributed by atoms with van der Waals surface area (Å²) in [6, 6.07) is 15.3. The van der Waals surface area contributed by atoms with Gasteiger partial charge in [-0.2, -0.15) is 5.26 Å². The molecule has 0 fully saturated rings. The van der Waals surface area contributed by atoms with Crippen molar-refractivity contribution in [1.82, 2.24) is 4.90 Å². The molecule has 0 aromatic heterocycles. The number of hydrogen-bond acceptors (Lipinski definition) is 2. The van der Waals surface area contributed by atoms with E-state index in [9.17, 15) is 4.39 Å². The van der Waals surface area contributed by atoms with Gasteiger partial charge in [0.25, 0.3) is 0 Å². The van der Waals surface area contributed by atoms with Gasteiger partial charge in [0.1, 0.15) is 5.82 Å². The zero-order valence-corrected chi connectivity index (χ0v) is 14.3. The van der Waals surface area contributed by atoms with Crippen molar-refractivity contribution in [3.8, 4) is 6.07 Å². The van der Waals surface area contributed by atoms with Crippen LogP contribution in [0.25, 0.3) is 0 Å². The number of nitrogens with zero attached hydrogens (tertiary/aromatic N) is 2. The smallest absolute Gasteiger partial charge is 0.123 e. The summed E-state index contributed by atoms with van der Waals surface area (Å²) in [6.45, 7) is 1.04. The minimum absolute atomic E-state index is 0.0625. The van der Waals surface area contributed by atoms with Crippen LogP contribution in [0, 0.1) is 17.1 Å². The van der Waals surface area contributed by atoms with Gasteiger partial charge in [-0.15, -0.1) is 0 Å². The summed E-state index contributed by atoms with van der Waals surface area (Å²) < 4.78 is 13.4. The first-order valence-corrected chi connectivity index (χ1v) is 8.49. The molecule has 0 amide bonds. The van der Waals surface area contributed by atoms with Crippen molar-refractivity contribution in [3.63, 3.8) is 0 Å². The van der Waals surface area contributed by atoms with Crippen molar-refractivity contribution >= 4 is 0 Å². The molecule has 0 spiro atoms. The largest absolute Gasteiger partial charge is 0.309 e. The lowest BCUT2D eigenvalue weighted by atomic mass is 9.72. The second-order valence-corrected chi connectivity index (χ2v) is 6.98. The van der Waals surface area contributed by atoms with E-state index in [4.69, 9.17) is 5.26 Å². The Bertz CT molecular complexity index is 758. The van der Waals surface area contributed by atoms with Gasteiger partial charge in [-0.25, -0.2) is 4.39 Å². The summed E-state index contributed by atoms with van der Waals surface area (Å²) in [4.78, 5) is 2.20. The second-order valence-electron chi connectivity index (χ2n) is 6.98. The van der Waals surface area contributed by atoms with Crippen LogP contribution in [0.15, 0.2) is 42.5 Å². The van der Waals surface area contributed by atoms with Crippen LogP contribution in [-0.2, 0) is 11.8 Å². The van der Waals surface area contributed by atoms with Crippen molar-refractivity contribution in [2.24, 2.45) is 0 Å². The van der Waals surface area contributed by atoms with E-state index in [2.05, 4.69) is 31.1 Å². The van der Waals surface area contributed by atoms with Gasteiger partial charge in [0.2, 0.25) is 0 Å². The fourth-order valence-electron chi connectivity index (χ4n) is 3.99. The topological polar surface area (TPSA) is 27.0 Å². The van der Waals surface area contributed by atoms with Gasteiger partial charge >= 0.3 is 0 Å². The molecule has 1 atom stereocenters. The van der Waals surface area contributed by atoms with Gasteiger partial charge in [0.05, 0.1) is 11.6 Å². The molecule has 24 heavy (non-hydrogen) atoms. The Labute approximate surface area is 143 Å². The SMILES string of the molecule is CN(C)CCC[C@]1(c2ccc(F)cc2)CCc2cc(C#N)ccc21. The van der Waals surface area contributed by atoms with E-state index in [-0.39, 0.29) is 11.2 Å². The highest BCUT2D eigenvalue weighted by molar-refractivity contribution is 5.51. The van der Waals surface area contributed by atoms with E-state index in [0.717, 1.165) is 37.8 Å². The molecule has 2 nitrogen and oxygen atoms in total. The number of aryl methyl sites for hydroxylation is 1. The number of halogens is 1. The van der Waals surface area contributed by atoms with Crippen LogP contribution in [0.4, 0.5) is 4.39 Å². The first kappa shape index (κ1) is 16.7. The third-order valence-electron chi connectivity index (χ3n) is 5.18. The molecule has 2 aromatic carbocycles. The monoisotopic (exact) mass is 322 g/mol. The Balaban J connectivity index is 2.02. The van der Waals surface area contributed by atoms with Crippen LogP contribution < -0.4 is 0 Å². The van der Waals surface area contributed by atoms with E-state index in [1.165, 1.54) is 16.7 Å². The zero-order valence-electron chi connectivity index (χ0n) is 14.3. The Morgan fingerprint density at radius 2 is 1.92 bits per heavy atom. The molecule has 3 heteroatoms. The van der Waals surface area contributed by atoms with Gasteiger partial charge in [-0.1, -0.05) is 18.2 Å². The Kier molecular flexibility index (Phi) is 4.69. The Morgan fingerprint density at radius 1 is 1.17 bits per heavy atom. The van der Waals surface area contributed by atoms with Gasteiger partial charge in [0.15, 0.2) is 0 Å². The fraction of sp³-hybridized carbons (Fsp3) is 0.381. The highest BCUT2D eigenvalue weighted by Crippen LogP contribution is 2.47. The lowest BCUT2D eigenvalue weighted by Gasteiger charge is -2.32. The summed E-state index contributed by atoms with van der Waals surface area (Å²) in [6.07, 6.45) is 4.13. The molecular weight excluding hydrogens is 299 g/mol. The lowest BCUT2D eigenvalue weighted by Crippen LogP contribution is -2.26. The maximum atomic E-state index is 13.4. The lowest BCUT2D eigenvalue weighted by molar-refractivity contribution is 0.359. The molecule has 124 valence electrons. The molecule has 0 saturated carbocycles. The number of nitriles is 1. The number of benzene rings is 2. The van der Waals surface area contributed by atoms with Crippen molar-refractivity contribution in [2.75, 3.05) is 20.6 Å². The van der Waals surface area contributed by atoms with Gasteiger partial charge in [-0.05, 0) is 87.3 Å². The van der Waals surface area contributed by atoms with Gasteiger partial charge < -0.3 is 4.90 Å². The maximum Gasteiger partial charge on any atom is 0.123 e. The predicted molar refractivity (Wildman–Crippen MR) is 94.4 cm³/mol. The van der Waals surface area contributed by atoms with Gasteiger partial charge in [-0.3, -0.25) is 0 Å². The van der Waals surface area contributed by atoms with E-state index in [1.54, 1.807) is 12.1 Å². The molecule has 1 aliphatic rings. The molecule has 1 aliphatic carbocycles. The molecule has 0 aliphatic heterocycles. The minimum atomic E-state index is -0.194. The van der Waals surface area contributed by atoms with Gasteiger partial charge in [0, 0.05) is 5.41 Å². The Hall–Kier alpha value is -2.18. The van der Waals surface area contributed by atoms with Crippen molar-refractivity contribution in [1.29, 1.82) is 5.26 Å². The minimum Gasteiger partial charge on any atom is -0.309 e. The standard InChI is InChI=1S/C21H23FN2/c1-24(2)13-3-11-21(18-5-7-19(22)8-6-18)12-10-17-14-16(15-23)4-9-20(17)21/h4-9,14H,3,10-13H2,1-2H3/t21-/m1/s1. The molecule has 0 bridgehead atoms. The average molecular weight is 322 g/mol. The molecule has 0 unspecified atom stereocenters. The van der Waals surface area contributed by atoms with E-state index < -0.39 is 0 Å². The number of rotatable bonds is 5. The molecule has 2 aromatic rings. The maximum absolute atomic E-state index is 13.4. The van der Waals surface area contributed by atoms with Crippen LogP contribution in [-0.4, -0.2) is 25.5 Å². The van der Waals surface area contributed by atoms with Crippen LogP contribution in [0.2, 0.25) is 0 Å². The molecule has 0 saturated heterocycles. The van der Waals surface area contributed by atoms with Crippen LogP contribution in [0.1, 0.15) is 41.5 Å². The van der Waals surface area contributed by atoms with Crippen LogP contribution in [0.3, 0.4) is 0 Å². The zero-order chi connectivity index (χ0) is 17.2. The molecule has 0 radical (unpaired) electrons. The first-order chi connectivity index (χ1) is 11.5. The van der Waals surface area contributed by atoms with Crippen molar-refractivity contribution in [3.05, 3.63) is 70.5 Å². The summed E-state index contributed by atoms with van der Waals surface area (Å²) in [5.74, 6) is -0.194. The third-order valence-corrected chi connectivity index (χ3v) is 5.18. The normalized spacial score (nSPS) is 19.3. The second kappa shape index (κ2) is 6.75. The first-order valence-electron chi connectivity index (χ1n) is 8.49. The third kappa shape index (κ3) is 3.07. The summed E-state index contributed by atoms with van der Waals surface area (Å²) in [5.41, 5.74) is 4.42. The average Bonchev–Trinajstić information content (AvgIpc) is 2.94. The molecule has 0 N–H and O–H groups in total. The molecule has 3 rings (SSSR count). The summed E-state index contributed by atoms with van der Waals surface area (Å²) in [5, 5.41) is 9.15. The molecular formula is C21H23FN2. The van der Waals surface area contributed by atoms with E-state index in [1.807, 2.05) is 24.3 Å². The predicted octanol–water partition coefficient (Wildman–Crippen LogP) is 4.27. The van der Waals surface area contributed by atoms with E-state index in [0.29, 0.717) is 0 Å². The summed E-state index contributed by atoms with van der Waals surface area (Å²) in [7, 11) is 4.18. The highest BCUT2D eigenvalue weighted by atomic mass is 19.1. The van der Waals surface area contributed by atoms with Crippen molar-refractivity contribution in [2.45, 2.75) is 31.1 Å². The van der Waals surface area contributed by atoms with E-state index >= 15 is 0 Å².